The van der Waals surface area contributed by atoms with Gasteiger partial charge in [0, 0.05) is 0 Å². The van der Waals surface area contributed by atoms with E-state index in [1.54, 1.807) is 0 Å². The first-order valence-electron chi connectivity index (χ1n) is 22.9. The van der Waals surface area contributed by atoms with Crippen LogP contribution in [0.15, 0.2) is 0 Å². The zero-order chi connectivity index (χ0) is 46.3. The van der Waals surface area contributed by atoms with Gasteiger partial charge in [-0.15, -0.1) is 0 Å². The van der Waals surface area contributed by atoms with Crippen molar-refractivity contribution < 1.29 is 36.2 Å². The number of rotatable bonds is 40. The van der Waals surface area contributed by atoms with Gasteiger partial charge in [-0.3, -0.25) is 0 Å². The Morgan fingerprint density at radius 3 is 0.426 bits per heavy atom. The summed E-state index contributed by atoms with van der Waals surface area (Å²) in [7, 11) is 0. The van der Waals surface area contributed by atoms with Gasteiger partial charge < -0.3 is 85.2 Å². The van der Waals surface area contributed by atoms with Gasteiger partial charge in [0.05, 0.1) is 75.6 Å². The predicted octanol–water partition coefficient (Wildman–Crippen LogP) is 16.3. The van der Waals surface area contributed by atoms with E-state index in [-0.39, 0.29) is 23.9 Å². The normalized spacial score (nSPS) is 11.7. The molecule has 0 heterocycles. The quantitative estimate of drug-likeness (QED) is 0.0253. The van der Waals surface area contributed by atoms with Crippen molar-refractivity contribution in [3.63, 3.8) is 0 Å². The summed E-state index contributed by atoms with van der Waals surface area (Å²) in [5, 5.41) is 0. The second-order valence-corrected chi connectivity index (χ2v) is 34.1. The van der Waals surface area contributed by atoms with Crippen molar-refractivity contribution in [2.24, 2.45) is 0 Å². The molecule has 0 unspecified atom stereocenters. The summed E-state index contributed by atoms with van der Waals surface area (Å²) in [5.41, 5.74) is -9.42. The third-order valence-corrected chi connectivity index (χ3v) is 17.0. The molecule has 8 nitrogen and oxygen atoms in total. The van der Waals surface area contributed by atoms with E-state index < -0.39 is 22.8 Å². The molecule has 0 aromatic rings. The molecule has 61 heavy (non-hydrogen) atoms. The first kappa shape index (κ1) is 74.4. The monoisotopic (exact) mass is 1200 g/mol. The van der Waals surface area contributed by atoms with E-state index >= 15 is 0 Å². The maximum Gasteiger partial charge on any atom is 4.00 e. The van der Waals surface area contributed by atoms with Crippen LogP contribution in [-0.2, 0) is 132 Å². The molecule has 0 amide bonds. The molecule has 0 aromatic heterocycles. The smallest absolute Gasteiger partial charge is 0.691 e. The second-order valence-electron chi connectivity index (χ2n) is 14.1. The van der Waals surface area contributed by atoms with Crippen LogP contribution in [0.3, 0.4) is 0 Å². The summed E-state index contributed by atoms with van der Waals surface area (Å²) < 4.78 is 43.4. The second kappa shape index (κ2) is 55.4. The summed E-state index contributed by atoms with van der Waals surface area (Å²) in [6.45, 7) is 22.5. The van der Waals surface area contributed by atoms with Crippen molar-refractivity contribution in [1.29, 1.82) is 0 Å². The van der Waals surface area contributed by atoms with Crippen LogP contribution >= 0.6 is 22.8 Å². The molecule has 0 N–H and O–H groups in total. The molecular weight excluding hydrogens is 1110 g/mol. The topological polar surface area (TPSA) is 73.8 Å². The fraction of sp³-hybridized carbons (Fsp3) is 1.00. The van der Waals surface area contributed by atoms with Crippen LogP contribution < -0.4 is 0 Å². The van der Waals surface area contributed by atoms with Gasteiger partial charge in [-0.05, 0) is 51.4 Å². The largest absolute Gasteiger partial charge is 4.00 e. The molecule has 21 heteroatoms. The molecule has 0 aromatic carbocycles. The molecule has 0 rings (SSSR count). The first-order valence-corrected chi connectivity index (χ1v) is 37.5. The minimum absolute atomic E-state index is 0. The van der Waals surface area contributed by atoms with Crippen molar-refractivity contribution in [2.45, 2.75) is 209 Å². The Morgan fingerprint density at radius 2 is 0.344 bits per heavy atom. The molecule has 0 radical (unpaired) electrons. The van der Waals surface area contributed by atoms with Gasteiger partial charge >= 0.3 is 23.9 Å². The van der Waals surface area contributed by atoms with E-state index in [0.29, 0.717) is 52.9 Å². The van der Waals surface area contributed by atoms with Gasteiger partial charge in [0.2, 0.25) is 0 Å². The van der Waals surface area contributed by atoms with E-state index in [1.165, 1.54) is 103 Å². The van der Waals surface area contributed by atoms with Crippen LogP contribution in [0.4, 0.5) is 0 Å². The van der Waals surface area contributed by atoms with Gasteiger partial charge in [-0.1, -0.05) is 205 Å². The average Bonchev–Trinajstić information content (AvgIpc) is 3.20. The minimum atomic E-state index is -2.36. The summed E-state index contributed by atoms with van der Waals surface area (Å²) in [6.07, 6.45) is 27.0. The molecular formula is C40H88O8P4S8Sn. The van der Waals surface area contributed by atoms with E-state index in [0.717, 1.165) is 51.4 Å². The van der Waals surface area contributed by atoms with E-state index in [1.807, 2.05) is 0 Å². The Balaban J connectivity index is -0.000000227. The maximum atomic E-state index is 5.43. The van der Waals surface area contributed by atoms with Gasteiger partial charge in [0.25, 0.3) is 0 Å². The SMILES string of the molecule is CCCCCOP(=S)([S-])OCCCCC.CCCCCOP(=S)([S-])OCCCCC.CCCCCOP(=S)([S-])OCCCCC.CCCCCOP(=S)([S-])OCCCCC.[Sn+4]. The Morgan fingerprint density at radius 1 is 0.246 bits per heavy atom. The maximum absolute atomic E-state index is 5.43. The molecule has 0 aliphatic rings. The van der Waals surface area contributed by atoms with Crippen molar-refractivity contribution >= 4 is 143 Å². The van der Waals surface area contributed by atoms with Crippen molar-refractivity contribution in [2.75, 3.05) is 52.9 Å². The Kier molecular flexibility index (Phi) is 67.6. The van der Waals surface area contributed by atoms with Gasteiger partial charge in [-0.25, -0.2) is 0 Å². The zero-order valence-electron chi connectivity index (χ0n) is 39.4. The molecule has 368 valence electrons. The Labute approximate surface area is 437 Å². The predicted molar refractivity (Wildman–Crippen MR) is 296 cm³/mol. The van der Waals surface area contributed by atoms with Crippen molar-refractivity contribution in [3.05, 3.63) is 0 Å². The molecule has 0 bridgehead atoms. The van der Waals surface area contributed by atoms with Crippen LogP contribution in [0.25, 0.3) is 0 Å². The third kappa shape index (κ3) is 68.8. The van der Waals surface area contributed by atoms with E-state index in [9.17, 15) is 0 Å². The van der Waals surface area contributed by atoms with Gasteiger partial charge in [-0.2, -0.15) is 0 Å². The molecule has 0 aliphatic heterocycles. The minimum Gasteiger partial charge on any atom is -0.691 e. The van der Waals surface area contributed by atoms with Crippen LogP contribution in [0.1, 0.15) is 209 Å². The fourth-order valence-corrected chi connectivity index (χ4v) is 11.1. The number of hydrogen-bond acceptors (Lipinski definition) is 16. The van der Waals surface area contributed by atoms with Crippen molar-refractivity contribution in [3.8, 4) is 0 Å². The van der Waals surface area contributed by atoms with E-state index in [2.05, 4.69) is 55.4 Å². The first-order chi connectivity index (χ1) is 28.5. The number of unbranched alkanes of at least 4 members (excludes halogenated alkanes) is 16. The summed E-state index contributed by atoms with van der Waals surface area (Å²) in [4.78, 5) is 0. The summed E-state index contributed by atoms with van der Waals surface area (Å²) >= 11 is 41.0. The Bertz CT molecular complexity index is 856. The van der Waals surface area contributed by atoms with Gasteiger partial charge in [0.15, 0.2) is 0 Å². The van der Waals surface area contributed by atoms with Crippen LogP contribution in [0.2, 0.25) is 0 Å². The van der Waals surface area contributed by atoms with Gasteiger partial charge in [0.1, 0.15) is 0 Å². The third-order valence-electron chi connectivity index (χ3n) is 7.98. The fourth-order valence-electron chi connectivity index (χ4n) is 4.38. The van der Waals surface area contributed by atoms with E-state index in [4.69, 9.17) is 132 Å². The van der Waals surface area contributed by atoms with Crippen LogP contribution in [0.5, 0.6) is 0 Å². The molecule has 0 atom stereocenters. The van der Waals surface area contributed by atoms with Crippen LogP contribution in [-0.4, -0.2) is 76.8 Å². The molecule has 0 saturated carbocycles. The number of hydrogen-bond donors (Lipinski definition) is 0. The molecule has 0 aliphatic carbocycles. The summed E-state index contributed by atoms with van der Waals surface area (Å²) in [6, 6.07) is 0. The molecule has 0 saturated heterocycles. The standard InChI is InChI=1S/4C10H23O2PS2.Sn/c4*1-3-5-7-9-11-13(14,15)12-10-8-6-4-2;/h4*3-10H2,1-2H3,(H,14,15);/q;;;;+4/p-4. The average molecular weight is 1200 g/mol. The Hall–Kier alpha value is 4.48. The van der Waals surface area contributed by atoms with Crippen molar-refractivity contribution in [1.82, 2.24) is 0 Å². The molecule has 0 fully saturated rings. The molecule has 0 spiro atoms. The summed E-state index contributed by atoms with van der Waals surface area (Å²) in [5.74, 6) is 0. The zero-order valence-corrected chi connectivity index (χ0v) is 52.4. The van der Waals surface area contributed by atoms with Crippen LogP contribution in [0, 0.1) is 0 Å².